The molecule has 3 aromatic rings. The second-order valence-electron chi connectivity index (χ2n) is 4.62. The summed E-state index contributed by atoms with van der Waals surface area (Å²) in [6.07, 6.45) is 0.481. The van der Waals surface area contributed by atoms with Crippen LogP contribution in [0, 0.1) is 5.82 Å². The molecule has 0 unspecified atom stereocenters. The van der Waals surface area contributed by atoms with Crippen LogP contribution in [0.15, 0.2) is 33.9 Å². The van der Waals surface area contributed by atoms with Crippen molar-refractivity contribution in [2.45, 2.75) is 23.8 Å². The number of H-pyrrole nitrogens is 1. The SMILES string of the molecule is C[C@H](Sc1n[nH]c(N)n1)c1nc(Cc2ccc(F)cc2)no1. The van der Waals surface area contributed by atoms with Crippen LogP contribution in [0.2, 0.25) is 0 Å². The van der Waals surface area contributed by atoms with Crippen molar-refractivity contribution in [2.24, 2.45) is 0 Å². The summed E-state index contributed by atoms with van der Waals surface area (Å²) in [7, 11) is 0. The Morgan fingerprint density at radius 3 is 2.77 bits per heavy atom. The van der Waals surface area contributed by atoms with E-state index in [1.165, 1.54) is 23.9 Å². The predicted octanol–water partition coefficient (Wildman–Crippen LogP) is 2.35. The third kappa shape index (κ3) is 3.42. The molecule has 0 saturated carbocycles. The summed E-state index contributed by atoms with van der Waals surface area (Å²) in [6, 6.07) is 6.20. The van der Waals surface area contributed by atoms with Crippen molar-refractivity contribution in [3.8, 4) is 0 Å². The second kappa shape index (κ2) is 6.14. The van der Waals surface area contributed by atoms with Gasteiger partial charge in [-0.25, -0.2) is 9.49 Å². The largest absolute Gasteiger partial charge is 0.368 e. The van der Waals surface area contributed by atoms with E-state index in [1.807, 2.05) is 6.92 Å². The highest BCUT2D eigenvalue weighted by atomic mass is 32.2. The molecule has 0 aliphatic heterocycles. The van der Waals surface area contributed by atoms with Crippen molar-refractivity contribution in [3.63, 3.8) is 0 Å². The highest BCUT2D eigenvalue weighted by Gasteiger charge is 2.18. The Balaban J connectivity index is 1.66. The fourth-order valence-corrected chi connectivity index (χ4v) is 2.57. The molecule has 1 atom stereocenters. The van der Waals surface area contributed by atoms with Gasteiger partial charge in [0.05, 0.1) is 5.25 Å². The lowest BCUT2D eigenvalue weighted by molar-refractivity contribution is 0.375. The second-order valence-corrected chi connectivity index (χ2v) is 5.92. The van der Waals surface area contributed by atoms with Gasteiger partial charge in [0.1, 0.15) is 5.82 Å². The van der Waals surface area contributed by atoms with Gasteiger partial charge in [0.15, 0.2) is 5.82 Å². The van der Waals surface area contributed by atoms with Crippen molar-refractivity contribution in [2.75, 3.05) is 5.73 Å². The lowest BCUT2D eigenvalue weighted by atomic mass is 10.1. The quantitative estimate of drug-likeness (QED) is 0.695. The molecule has 0 amide bonds. The Bertz CT molecular complexity index is 756. The van der Waals surface area contributed by atoms with E-state index in [9.17, 15) is 4.39 Å². The number of hydrogen-bond donors (Lipinski definition) is 2. The van der Waals surface area contributed by atoms with Gasteiger partial charge >= 0.3 is 0 Å². The van der Waals surface area contributed by atoms with Crippen molar-refractivity contribution in [1.82, 2.24) is 25.3 Å². The predicted molar refractivity (Wildman–Crippen MR) is 78.6 cm³/mol. The summed E-state index contributed by atoms with van der Waals surface area (Å²) < 4.78 is 18.1. The first kappa shape index (κ1) is 14.5. The average Bonchev–Trinajstić information content (AvgIpc) is 3.11. The van der Waals surface area contributed by atoms with Gasteiger partial charge in [-0.2, -0.15) is 9.97 Å². The van der Waals surface area contributed by atoms with Crippen LogP contribution >= 0.6 is 11.8 Å². The Morgan fingerprint density at radius 1 is 1.32 bits per heavy atom. The smallest absolute Gasteiger partial charge is 0.239 e. The van der Waals surface area contributed by atoms with Gasteiger partial charge in [-0.05, 0) is 24.6 Å². The number of nitrogen functional groups attached to an aromatic ring is 1. The van der Waals surface area contributed by atoms with E-state index < -0.39 is 0 Å². The van der Waals surface area contributed by atoms with E-state index in [4.69, 9.17) is 10.3 Å². The van der Waals surface area contributed by atoms with Crippen LogP contribution in [0.4, 0.5) is 10.3 Å². The molecule has 2 aromatic heterocycles. The summed E-state index contributed by atoms with van der Waals surface area (Å²) in [4.78, 5) is 8.35. The number of anilines is 1. The molecule has 0 saturated heterocycles. The summed E-state index contributed by atoms with van der Waals surface area (Å²) in [6.45, 7) is 1.91. The number of rotatable bonds is 5. The first-order chi connectivity index (χ1) is 10.6. The highest BCUT2D eigenvalue weighted by Crippen LogP contribution is 2.31. The summed E-state index contributed by atoms with van der Waals surface area (Å²) >= 11 is 1.36. The summed E-state index contributed by atoms with van der Waals surface area (Å²) in [5.41, 5.74) is 6.39. The van der Waals surface area contributed by atoms with Gasteiger partial charge < -0.3 is 10.3 Å². The molecule has 3 N–H and O–H groups in total. The van der Waals surface area contributed by atoms with Gasteiger partial charge in [-0.15, -0.1) is 5.10 Å². The molecule has 0 aliphatic rings. The van der Waals surface area contributed by atoms with Crippen molar-refractivity contribution in [1.29, 1.82) is 0 Å². The molecule has 114 valence electrons. The van der Waals surface area contributed by atoms with Crippen LogP contribution < -0.4 is 5.73 Å². The monoisotopic (exact) mass is 320 g/mol. The maximum absolute atomic E-state index is 12.9. The van der Waals surface area contributed by atoms with Crippen LogP contribution in [0.5, 0.6) is 0 Å². The topological polar surface area (TPSA) is 107 Å². The maximum atomic E-state index is 12.9. The number of benzene rings is 1. The number of aromatic amines is 1. The summed E-state index contributed by atoms with van der Waals surface area (Å²) in [5.74, 6) is 1.01. The van der Waals surface area contributed by atoms with E-state index in [2.05, 4.69) is 25.3 Å². The Kier molecular flexibility index (Phi) is 4.05. The minimum atomic E-state index is -0.270. The number of thioether (sulfide) groups is 1. The summed E-state index contributed by atoms with van der Waals surface area (Å²) in [5, 5.41) is 10.9. The van der Waals surface area contributed by atoms with Crippen molar-refractivity contribution >= 4 is 17.7 Å². The number of nitrogens with two attached hydrogens (primary N) is 1. The van der Waals surface area contributed by atoms with Crippen LogP contribution in [0.1, 0.15) is 29.5 Å². The normalized spacial score (nSPS) is 12.5. The van der Waals surface area contributed by atoms with E-state index in [-0.39, 0.29) is 17.0 Å². The molecule has 0 bridgehead atoms. The molecule has 1 aromatic carbocycles. The lowest BCUT2D eigenvalue weighted by Crippen LogP contribution is -1.93. The highest BCUT2D eigenvalue weighted by molar-refractivity contribution is 7.99. The van der Waals surface area contributed by atoms with Gasteiger partial charge in [-0.1, -0.05) is 29.1 Å². The van der Waals surface area contributed by atoms with E-state index in [0.29, 0.717) is 23.3 Å². The van der Waals surface area contributed by atoms with E-state index >= 15 is 0 Å². The molecular weight excluding hydrogens is 307 g/mol. The molecule has 9 heteroatoms. The first-order valence-electron chi connectivity index (χ1n) is 6.51. The Morgan fingerprint density at radius 2 is 2.09 bits per heavy atom. The zero-order chi connectivity index (χ0) is 15.5. The fourth-order valence-electron chi connectivity index (χ4n) is 1.81. The minimum absolute atomic E-state index is 0.107. The van der Waals surface area contributed by atoms with Gasteiger partial charge in [0.2, 0.25) is 17.0 Å². The van der Waals surface area contributed by atoms with Crippen molar-refractivity contribution in [3.05, 3.63) is 47.4 Å². The third-order valence-electron chi connectivity index (χ3n) is 2.87. The van der Waals surface area contributed by atoms with E-state index in [0.717, 1.165) is 5.56 Å². The van der Waals surface area contributed by atoms with Gasteiger partial charge in [0.25, 0.3) is 0 Å². The van der Waals surface area contributed by atoms with Crippen LogP contribution in [-0.2, 0) is 6.42 Å². The number of aromatic nitrogens is 5. The molecule has 0 aliphatic carbocycles. The molecular formula is C13H13FN6OS. The number of nitrogens with one attached hydrogen (secondary N) is 1. The fraction of sp³-hybridized carbons (Fsp3) is 0.231. The third-order valence-corrected chi connectivity index (χ3v) is 3.82. The van der Waals surface area contributed by atoms with Crippen LogP contribution in [0.3, 0.4) is 0 Å². The zero-order valence-corrected chi connectivity index (χ0v) is 12.5. The maximum Gasteiger partial charge on any atom is 0.239 e. The number of nitrogens with zero attached hydrogens (tertiary/aromatic N) is 4. The number of halogens is 1. The lowest BCUT2D eigenvalue weighted by Gasteiger charge is -2.01. The zero-order valence-electron chi connectivity index (χ0n) is 11.7. The standard InChI is InChI=1S/C13H13FN6OS/c1-7(22-13-17-12(15)18-19-13)11-16-10(20-21-11)6-8-2-4-9(14)5-3-8/h2-5,7H,6H2,1H3,(H3,15,17,18,19)/t7-/m0/s1. The van der Waals surface area contributed by atoms with Gasteiger partial charge in [0, 0.05) is 6.42 Å². The Hall–Kier alpha value is -2.42. The number of hydrogen-bond acceptors (Lipinski definition) is 7. The Labute approximate surface area is 129 Å². The molecule has 0 fully saturated rings. The van der Waals surface area contributed by atoms with Crippen LogP contribution in [0.25, 0.3) is 0 Å². The molecule has 3 rings (SSSR count). The van der Waals surface area contributed by atoms with E-state index in [1.54, 1.807) is 12.1 Å². The molecule has 0 radical (unpaired) electrons. The molecule has 22 heavy (non-hydrogen) atoms. The first-order valence-corrected chi connectivity index (χ1v) is 7.39. The average molecular weight is 320 g/mol. The van der Waals surface area contributed by atoms with Crippen molar-refractivity contribution < 1.29 is 8.91 Å². The molecule has 2 heterocycles. The van der Waals surface area contributed by atoms with Gasteiger partial charge in [-0.3, -0.25) is 0 Å². The minimum Gasteiger partial charge on any atom is -0.368 e. The molecule has 7 nitrogen and oxygen atoms in total. The molecule has 0 spiro atoms. The van der Waals surface area contributed by atoms with Crippen LogP contribution in [-0.4, -0.2) is 25.3 Å².